The van der Waals surface area contributed by atoms with E-state index in [-0.39, 0.29) is 5.91 Å². The zero-order valence-electron chi connectivity index (χ0n) is 12.8. The van der Waals surface area contributed by atoms with Gasteiger partial charge in [0.05, 0.1) is 0 Å². The van der Waals surface area contributed by atoms with E-state index in [0.29, 0.717) is 18.2 Å². The first-order valence-electron chi connectivity index (χ1n) is 8.07. The average molecular weight is 290 g/mol. The van der Waals surface area contributed by atoms with Crippen LogP contribution >= 0.6 is 11.6 Å². The molecule has 0 spiro atoms. The van der Waals surface area contributed by atoms with Crippen molar-refractivity contribution in [2.75, 3.05) is 12.4 Å². The van der Waals surface area contributed by atoms with E-state index < -0.39 is 0 Å². The van der Waals surface area contributed by atoms with Crippen molar-refractivity contribution in [2.24, 2.45) is 5.92 Å². The molecule has 1 unspecified atom stereocenters. The number of alkyl halides is 1. The highest BCUT2D eigenvalue weighted by Crippen LogP contribution is 2.11. The number of unbranched alkanes of at least 4 members (excludes halogenated alkanes) is 5. The van der Waals surface area contributed by atoms with Gasteiger partial charge in [0.1, 0.15) is 0 Å². The van der Waals surface area contributed by atoms with E-state index in [2.05, 4.69) is 19.2 Å². The molecule has 1 N–H and O–H groups in total. The summed E-state index contributed by atoms with van der Waals surface area (Å²) >= 11 is 5.78. The second-order valence-corrected chi connectivity index (χ2v) is 5.83. The van der Waals surface area contributed by atoms with Gasteiger partial charge >= 0.3 is 0 Å². The summed E-state index contributed by atoms with van der Waals surface area (Å²) in [5, 5.41) is 3.06. The topological polar surface area (TPSA) is 29.1 Å². The van der Waals surface area contributed by atoms with Crippen LogP contribution < -0.4 is 5.32 Å². The lowest BCUT2D eigenvalue weighted by Crippen LogP contribution is -2.29. The highest BCUT2D eigenvalue weighted by molar-refractivity contribution is 6.17. The van der Waals surface area contributed by atoms with E-state index in [0.717, 1.165) is 32.2 Å². The molecule has 0 heterocycles. The fourth-order valence-electron chi connectivity index (χ4n) is 2.32. The van der Waals surface area contributed by atoms with Crippen molar-refractivity contribution in [1.29, 1.82) is 0 Å². The summed E-state index contributed by atoms with van der Waals surface area (Å²) in [6.45, 7) is 5.20. The number of hydrogen-bond donors (Lipinski definition) is 1. The maximum atomic E-state index is 11.7. The van der Waals surface area contributed by atoms with Crippen molar-refractivity contribution >= 4 is 17.5 Å². The van der Waals surface area contributed by atoms with E-state index in [1.165, 1.54) is 32.1 Å². The van der Waals surface area contributed by atoms with Gasteiger partial charge in [0, 0.05) is 18.8 Å². The number of hydrogen-bond acceptors (Lipinski definition) is 1. The summed E-state index contributed by atoms with van der Waals surface area (Å²) in [6.07, 6.45) is 11.4. The molecule has 0 bridgehead atoms. The van der Waals surface area contributed by atoms with E-state index in [1.807, 2.05) is 0 Å². The number of carbonyl (C=O) groups is 1. The van der Waals surface area contributed by atoms with Crippen molar-refractivity contribution in [1.82, 2.24) is 5.32 Å². The first kappa shape index (κ1) is 18.8. The molecule has 0 saturated heterocycles. The van der Waals surface area contributed by atoms with E-state index in [1.54, 1.807) is 0 Å². The third kappa shape index (κ3) is 12.5. The number of amides is 1. The summed E-state index contributed by atoms with van der Waals surface area (Å²) in [6, 6.07) is 0. The highest BCUT2D eigenvalue weighted by Gasteiger charge is 2.09. The van der Waals surface area contributed by atoms with Gasteiger partial charge < -0.3 is 5.32 Å². The smallest absolute Gasteiger partial charge is 0.220 e. The van der Waals surface area contributed by atoms with Gasteiger partial charge in [0.2, 0.25) is 5.91 Å². The Balaban J connectivity index is 3.50. The van der Waals surface area contributed by atoms with Crippen LogP contribution in [0.5, 0.6) is 0 Å². The Morgan fingerprint density at radius 2 is 1.68 bits per heavy atom. The quantitative estimate of drug-likeness (QED) is 0.379. The Labute approximate surface area is 124 Å². The molecule has 1 atom stereocenters. The third-order valence-corrected chi connectivity index (χ3v) is 3.78. The minimum atomic E-state index is 0.214. The lowest BCUT2D eigenvalue weighted by molar-refractivity contribution is -0.121. The van der Waals surface area contributed by atoms with Crippen molar-refractivity contribution in [3.05, 3.63) is 0 Å². The normalized spacial score (nSPS) is 12.4. The fourth-order valence-corrected chi connectivity index (χ4v) is 2.63. The van der Waals surface area contributed by atoms with Crippen LogP contribution in [0.1, 0.15) is 78.1 Å². The molecule has 1 amide bonds. The Morgan fingerprint density at radius 3 is 2.32 bits per heavy atom. The maximum absolute atomic E-state index is 11.7. The summed E-state index contributed by atoms with van der Waals surface area (Å²) in [4.78, 5) is 11.7. The second-order valence-electron chi connectivity index (χ2n) is 5.45. The zero-order valence-corrected chi connectivity index (χ0v) is 13.6. The summed E-state index contributed by atoms with van der Waals surface area (Å²) in [5.41, 5.74) is 0. The van der Waals surface area contributed by atoms with Crippen molar-refractivity contribution in [3.8, 4) is 0 Å². The predicted octanol–water partition coefficient (Wildman–Crippen LogP) is 4.90. The van der Waals surface area contributed by atoms with Crippen LogP contribution in [0.4, 0.5) is 0 Å². The van der Waals surface area contributed by atoms with Gasteiger partial charge in [-0.05, 0) is 25.2 Å². The van der Waals surface area contributed by atoms with Gasteiger partial charge in [-0.1, -0.05) is 52.4 Å². The van der Waals surface area contributed by atoms with Gasteiger partial charge in [-0.25, -0.2) is 0 Å². The lowest BCUT2D eigenvalue weighted by Gasteiger charge is -2.15. The molecule has 19 heavy (non-hydrogen) atoms. The Hall–Kier alpha value is -0.240. The molecule has 0 aromatic heterocycles. The molecular formula is C16H32ClNO. The molecule has 0 aliphatic carbocycles. The average Bonchev–Trinajstić information content (AvgIpc) is 2.40. The minimum Gasteiger partial charge on any atom is -0.356 e. The van der Waals surface area contributed by atoms with Gasteiger partial charge in [0.15, 0.2) is 0 Å². The number of nitrogens with one attached hydrogen (secondary N) is 1. The molecule has 0 aliphatic heterocycles. The Bertz CT molecular complexity index is 203. The van der Waals surface area contributed by atoms with Crippen LogP contribution in [0.15, 0.2) is 0 Å². The van der Waals surface area contributed by atoms with E-state index >= 15 is 0 Å². The molecule has 0 aromatic rings. The summed E-state index contributed by atoms with van der Waals surface area (Å²) < 4.78 is 0. The molecule has 0 rings (SSSR count). The van der Waals surface area contributed by atoms with Gasteiger partial charge in [-0.3, -0.25) is 4.79 Å². The predicted molar refractivity (Wildman–Crippen MR) is 84.7 cm³/mol. The molecule has 0 aliphatic rings. The summed E-state index contributed by atoms with van der Waals surface area (Å²) in [5.74, 6) is 1.46. The SMILES string of the molecule is CCCCCCCCC(=O)NCC(CCC)CCCl. The molecule has 0 fully saturated rings. The van der Waals surface area contributed by atoms with E-state index in [9.17, 15) is 4.79 Å². The van der Waals surface area contributed by atoms with Gasteiger partial charge in [-0.15, -0.1) is 11.6 Å². The maximum Gasteiger partial charge on any atom is 0.220 e. The zero-order chi connectivity index (χ0) is 14.3. The van der Waals surface area contributed by atoms with Crippen LogP contribution in [0, 0.1) is 5.92 Å². The molecule has 0 aromatic carbocycles. The van der Waals surface area contributed by atoms with Crippen LogP contribution in [-0.2, 0) is 4.79 Å². The first-order valence-corrected chi connectivity index (χ1v) is 8.60. The molecule has 0 saturated carbocycles. The second kappa shape index (κ2) is 14.2. The van der Waals surface area contributed by atoms with Crippen LogP contribution in [0.25, 0.3) is 0 Å². The van der Waals surface area contributed by atoms with E-state index in [4.69, 9.17) is 11.6 Å². The first-order chi connectivity index (χ1) is 9.24. The summed E-state index contributed by atoms with van der Waals surface area (Å²) in [7, 11) is 0. The molecule has 2 nitrogen and oxygen atoms in total. The third-order valence-electron chi connectivity index (χ3n) is 3.56. The fraction of sp³-hybridized carbons (Fsp3) is 0.938. The van der Waals surface area contributed by atoms with Gasteiger partial charge in [-0.2, -0.15) is 0 Å². The molecule has 0 radical (unpaired) electrons. The van der Waals surface area contributed by atoms with Crippen molar-refractivity contribution in [2.45, 2.75) is 78.1 Å². The number of carbonyl (C=O) groups excluding carboxylic acids is 1. The number of rotatable bonds is 13. The molecule has 3 heteroatoms. The molecular weight excluding hydrogens is 258 g/mol. The van der Waals surface area contributed by atoms with Crippen LogP contribution in [0.3, 0.4) is 0 Å². The van der Waals surface area contributed by atoms with Crippen LogP contribution in [-0.4, -0.2) is 18.3 Å². The highest BCUT2D eigenvalue weighted by atomic mass is 35.5. The monoisotopic (exact) mass is 289 g/mol. The number of halogens is 1. The van der Waals surface area contributed by atoms with Crippen molar-refractivity contribution < 1.29 is 4.79 Å². The Kier molecular flexibility index (Phi) is 14.0. The lowest BCUT2D eigenvalue weighted by atomic mass is 10.0. The Morgan fingerprint density at radius 1 is 1.00 bits per heavy atom. The standard InChI is InChI=1S/C16H32ClNO/c1-3-5-6-7-8-9-11-16(19)18-14-15(10-4-2)12-13-17/h15H,3-14H2,1-2H3,(H,18,19). The molecule has 114 valence electrons. The van der Waals surface area contributed by atoms with Crippen molar-refractivity contribution in [3.63, 3.8) is 0 Å². The van der Waals surface area contributed by atoms with Gasteiger partial charge in [0.25, 0.3) is 0 Å². The minimum absolute atomic E-state index is 0.214. The van der Waals surface area contributed by atoms with Crippen LogP contribution in [0.2, 0.25) is 0 Å². The largest absolute Gasteiger partial charge is 0.356 e.